The van der Waals surface area contributed by atoms with E-state index in [0.29, 0.717) is 0 Å². The van der Waals surface area contributed by atoms with Gasteiger partial charge in [-0.3, -0.25) is 0 Å². The summed E-state index contributed by atoms with van der Waals surface area (Å²) in [6.07, 6.45) is 0. The van der Waals surface area contributed by atoms with Crippen LogP contribution in [-0.2, 0) is 4.43 Å². The second-order valence-corrected chi connectivity index (χ2v) is 6.47. The van der Waals surface area contributed by atoms with Gasteiger partial charge in [0.1, 0.15) is 0 Å². The molecule has 0 aliphatic heterocycles. The van der Waals surface area contributed by atoms with E-state index < -0.39 is 9.63 Å². The van der Waals surface area contributed by atoms with E-state index in [9.17, 15) is 0 Å². The highest BCUT2D eigenvalue weighted by Gasteiger charge is 2.17. The normalized spacial score (nSPS) is 18.2. The number of hydrogen-bond donors (Lipinski definition) is 0. The summed E-state index contributed by atoms with van der Waals surface area (Å²) in [6, 6.07) is 0. The third-order valence-electron chi connectivity index (χ3n) is 0.663. The molecule has 0 amide bonds. The van der Waals surface area contributed by atoms with Crippen LogP contribution in [-0.4, -0.2) is 17.7 Å². The molecule has 0 bridgehead atoms. The van der Waals surface area contributed by atoms with Crippen LogP contribution in [0.15, 0.2) is 0 Å². The Morgan fingerprint density at radius 2 is 1.50 bits per heavy atom. The maximum Gasteiger partial charge on any atom is 0.167 e. The number of rotatable bonds is 1. The Labute approximate surface area is 69.6 Å². The van der Waals surface area contributed by atoms with Gasteiger partial charge < -0.3 is 4.43 Å². The van der Waals surface area contributed by atoms with Crippen molar-refractivity contribution in [3.05, 3.63) is 0 Å². The van der Waals surface area contributed by atoms with Crippen molar-refractivity contribution >= 4 is 9.63 Å². The monoisotopic (exact) mass is 162 g/mol. The minimum absolute atomic E-state index is 0.347. The first-order valence-electron chi connectivity index (χ1n) is 4.66. The Bertz CT molecular complexity index is 155. The second-order valence-electron chi connectivity index (χ2n) is 4.57. The van der Waals surface area contributed by atoms with E-state index in [-0.39, 0.29) is 10.6 Å². The first-order valence-corrected chi connectivity index (χ1v) is 4.57. The molecule has 0 spiro atoms. The molecule has 0 aromatic heterocycles. The smallest absolute Gasteiger partial charge is 0.167 e. The van der Waals surface area contributed by atoms with Crippen LogP contribution >= 0.6 is 0 Å². The van der Waals surface area contributed by atoms with E-state index in [1.807, 2.05) is 41.5 Å². The molecule has 62 valence electrons. The van der Waals surface area contributed by atoms with Crippen LogP contribution in [0.1, 0.15) is 41.5 Å². The third-order valence-corrected chi connectivity index (χ3v) is 1.99. The molecular weight excluding hydrogens is 140 g/mol. The lowest BCUT2D eigenvalue weighted by Gasteiger charge is -2.26. The molecule has 0 saturated heterocycles. The maximum absolute atomic E-state index is 7.82. The van der Waals surface area contributed by atoms with E-state index >= 15 is 0 Å². The molecule has 0 radical (unpaired) electrons. The summed E-state index contributed by atoms with van der Waals surface area (Å²) < 4.78 is 21.1. The highest BCUT2D eigenvalue weighted by molar-refractivity contribution is 6.31. The van der Waals surface area contributed by atoms with Crippen LogP contribution < -0.4 is 0 Å². The van der Waals surface area contributed by atoms with Gasteiger partial charge in [-0.1, -0.05) is 20.8 Å². The fourth-order valence-electron chi connectivity index (χ4n) is 0.306. The first-order chi connectivity index (χ1) is 4.96. The molecule has 0 saturated carbocycles. The van der Waals surface area contributed by atoms with Gasteiger partial charge in [0.25, 0.3) is 0 Å². The summed E-state index contributed by atoms with van der Waals surface area (Å²) in [6.45, 7) is 11.4. The summed E-state index contributed by atoms with van der Waals surface area (Å²) in [5, 5.41) is -0.347. The van der Waals surface area contributed by atoms with Gasteiger partial charge in [0.15, 0.2) is 9.63 Å². The highest BCUT2D eigenvalue weighted by atomic mass is 28.2. The molecule has 0 unspecified atom stereocenters. The minimum atomic E-state index is -3.04. The summed E-state index contributed by atoms with van der Waals surface area (Å²) in [7, 11) is -3.04. The van der Waals surface area contributed by atoms with Gasteiger partial charge in [-0.25, -0.2) is 0 Å². The SMILES string of the molecule is [2H][Si]([2H])(OC(C)(C)C)C(C)(C)C. The maximum atomic E-state index is 7.82. The van der Waals surface area contributed by atoms with Crippen molar-refractivity contribution in [2.45, 2.75) is 52.2 Å². The molecule has 0 rings (SSSR count). The van der Waals surface area contributed by atoms with Gasteiger partial charge in [0.2, 0.25) is 0 Å². The molecule has 10 heavy (non-hydrogen) atoms. The molecule has 0 heterocycles. The van der Waals surface area contributed by atoms with Crippen LogP contribution in [0.3, 0.4) is 0 Å². The first kappa shape index (κ1) is 6.86. The van der Waals surface area contributed by atoms with Crippen molar-refractivity contribution in [3.8, 4) is 0 Å². The van der Waals surface area contributed by atoms with Crippen molar-refractivity contribution in [2.75, 3.05) is 0 Å². The Hall–Kier alpha value is 0.177. The average Bonchev–Trinajstić information content (AvgIpc) is 1.52. The van der Waals surface area contributed by atoms with Gasteiger partial charge in [-0.15, -0.1) is 0 Å². The van der Waals surface area contributed by atoms with E-state index in [2.05, 4.69) is 0 Å². The van der Waals surface area contributed by atoms with Crippen molar-refractivity contribution in [3.63, 3.8) is 0 Å². The Morgan fingerprint density at radius 1 is 1.10 bits per heavy atom. The van der Waals surface area contributed by atoms with Crippen LogP contribution in [0, 0.1) is 0 Å². The van der Waals surface area contributed by atoms with E-state index in [1.165, 1.54) is 0 Å². The van der Waals surface area contributed by atoms with Crippen LogP contribution in [0.4, 0.5) is 0 Å². The summed E-state index contributed by atoms with van der Waals surface area (Å²) in [5.41, 5.74) is -0.372. The number of hydrogen-bond acceptors (Lipinski definition) is 1. The average molecular weight is 162 g/mol. The van der Waals surface area contributed by atoms with E-state index in [4.69, 9.17) is 6.90 Å². The Balaban J connectivity index is 4.44. The molecule has 0 aliphatic carbocycles. The molecule has 0 aliphatic rings. The molecular formula is C8H20OSi. The molecule has 0 aromatic carbocycles. The minimum Gasteiger partial charge on any atom is -0.419 e. The summed E-state index contributed by atoms with van der Waals surface area (Å²) >= 11 is 0. The van der Waals surface area contributed by atoms with E-state index in [1.54, 1.807) is 0 Å². The van der Waals surface area contributed by atoms with Crippen molar-refractivity contribution < 1.29 is 4.43 Å². The van der Waals surface area contributed by atoms with Crippen molar-refractivity contribution in [1.29, 1.82) is 2.47 Å². The Kier molecular flexibility index (Phi) is 2.09. The third kappa shape index (κ3) is 8.18. The van der Waals surface area contributed by atoms with Crippen molar-refractivity contribution in [1.82, 2.24) is 0 Å². The van der Waals surface area contributed by atoms with Gasteiger partial charge in [-0.2, -0.15) is 0 Å². The lowest BCUT2D eigenvalue weighted by Crippen LogP contribution is -2.26. The van der Waals surface area contributed by atoms with Gasteiger partial charge in [0, 0.05) is 8.07 Å². The van der Waals surface area contributed by atoms with Crippen LogP contribution in [0.5, 0.6) is 0 Å². The predicted octanol–water partition coefficient (Wildman–Crippen LogP) is 2.10. The fraction of sp³-hybridized carbons (Fsp3) is 1.00. The predicted molar refractivity (Wildman–Crippen MR) is 49.1 cm³/mol. The lowest BCUT2D eigenvalue weighted by atomic mass is 10.2. The van der Waals surface area contributed by atoms with Crippen LogP contribution in [0.2, 0.25) is 5.04 Å². The molecule has 0 N–H and O–H groups in total. The molecule has 0 aromatic rings. The van der Waals surface area contributed by atoms with Gasteiger partial charge in [-0.05, 0) is 25.8 Å². The topological polar surface area (TPSA) is 9.23 Å². The zero-order valence-corrected chi connectivity index (χ0v) is 8.91. The Morgan fingerprint density at radius 3 is 1.60 bits per heavy atom. The molecule has 1 nitrogen and oxygen atoms in total. The second kappa shape index (κ2) is 3.05. The zero-order chi connectivity index (χ0) is 10.2. The highest BCUT2D eigenvalue weighted by Crippen LogP contribution is 2.22. The standard InChI is InChI=1S/C8H20OSi/c1-7(2,3)9-10-8(4,5)6/h10H2,1-6H3/i10D2. The molecule has 0 fully saturated rings. The quantitative estimate of drug-likeness (QED) is 0.537. The van der Waals surface area contributed by atoms with Gasteiger partial charge in [0.05, 0.1) is 0 Å². The fourth-order valence-corrected chi connectivity index (χ4v) is 0.919. The summed E-state index contributed by atoms with van der Waals surface area (Å²) in [4.78, 5) is 0. The summed E-state index contributed by atoms with van der Waals surface area (Å²) in [5.74, 6) is 0. The zero-order valence-electron chi connectivity index (χ0n) is 9.91. The largest absolute Gasteiger partial charge is 0.419 e. The van der Waals surface area contributed by atoms with Crippen LogP contribution in [0.25, 0.3) is 0 Å². The molecule has 0 atom stereocenters. The van der Waals surface area contributed by atoms with Crippen molar-refractivity contribution in [2.24, 2.45) is 0 Å². The van der Waals surface area contributed by atoms with Gasteiger partial charge >= 0.3 is 0 Å². The van der Waals surface area contributed by atoms with E-state index in [0.717, 1.165) is 0 Å². The molecule has 2 heteroatoms. The lowest BCUT2D eigenvalue weighted by molar-refractivity contribution is 0.132.